The summed E-state index contributed by atoms with van der Waals surface area (Å²) in [6, 6.07) is 11.7. The first kappa shape index (κ1) is 9.55. The summed E-state index contributed by atoms with van der Waals surface area (Å²) in [5, 5.41) is 6.91. The van der Waals surface area contributed by atoms with Crippen LogP contribution < -0.4 is 0 Å². The van der Waals surface area contributed by atoms with E-state index in [4.69, 9.17) is 12.2 Å². The molecule has 2 rings (SSSR count). The molecule has 0 spiro atoms. The van der Waals surface area contributed by atoms with Gasteiger partial charge in [-0.1, -0.05) is 40.3 Å². The third-order valence-electron chi connectivity index (χ3n) is 1.80. The molecule has 1 aromatic heterocycles. The lowest BCUT2D eigenvalue weighted by Gasteiger charge is -1.99. The van der Waals surface area contributed by atoms with E-state index in [2.05, 4.69) is 26.1 Å². The van der Waals surface area contributed by atoms with Crippen LogP contribution in [-0.2, 0) is 0 Å². The van der Waals surface area contributed by atoms with Crippen molar-refractivity contribution in [1.82, 2.24) is 10.2 Å². The second kappa shape index (κ2) is 4.02. The Balaban J connectivity index is 2.49. The lowest BCUT2D eigenvalue weighted by Crippen LogP contribution is -1.86. The van der Waals surface area contributed by atoms with Gasteiger partial charge in [-0.3, -0.25) is 5.10 Å². The molecule has 0 bridgehead atoms. The van der Waals surface area contributed by atoms with Crippen molar-refractivity contribution in [1.29, 1.82) is 0 Å². The lowest BCUT2D eigenvalue weighted by molar-refractivity contribution is 1.02. The van der Waals surface area contributed by atoms with Crippen LogP contribution in [0, 0.1) is 4.64 Å². The highest BCUT2D eigenvalue weighted by molar-refractivity contribution is 9.10. The average Bonchev–Trinajstić information content (AvgIpc) is 2.19. The van der Waals surface area contributed by atoms with E-state index in [0.29, 0.717) is 4.64 Å². The van der Waals surface area contributed by atoms with Crippen LogP contribution in [0.5, 0.6) is 0 Å². The first-order valence-corrected chi connectivity index (χ1v) is 5.27. The van der Waals surface area contributed by atoms with Gasteiger partial charge in [-0.2, -0.15) is 5.10 Å². The normalized spacial score (nSPS) is 10.1. The minimum absolute atomic E-state index is 0.642. The minimum atomic E-state index is 0.642. The fraction of sp³-hybridized carbons (Fsp3) is 0. The number of H-pyrrole nitrogens is 1. The van der Waals surface area contributed by atoms with Crippen molar-refractivity contribution >= 4 is 28.1 Å². The molecule has 0 saturated heterocycles. The zero-order valence-corrected chi connectivity index (χ0v) is 9.60. The van der Waals surface area contributed by atoms with Crippen molar-refractivity contribution in [3.05, 3.63) is 45.5 Å². The number of halogens is 1. The van der Waals surface area contributed by atoms with Gasteiger partial charge in [-0.15, -0.1) is 0 Å². The fourth-order valence-electron chi connectivity index (χ4n) is 1.15. The molecular weight excluding hydrogens is 260 g/mol. The number of hydrogen-bond acceptors (Lipinski definition) is 2. The van der Waals surface area contributed by atoms with Crippen molar-refractivity contribution in [2.24, 2.45) is 0 Å². The molecule has 0 aliphatic carbocycles. The van der Waals surface area contributed by atoms with Crippen molar-refractivity contribution < 1.29 is 0 Å². The van der Waals surface area contributed by atoms with Gasteiger partial charge in [0.1, 0.15) is 4.64 Å². The largest absolute Gasteiger partial charge is 0.267 e. The summed E-state index contributed by atoms with van der Waals surface area (Å²) in [5.41, 5.74) is 1.95. The zero-order chi connectivity index (χ0) is 9.97. The highest BCUT2D eigenvalue weighted by atomic mass is 79.9. The Morgan fingerprint density at radius 3 is 2.71 bits per heavy atom. The molecule has 14 heavy (non-hydrogen) atoms. The van der Waals surface area contributed by atoms with Gasteiger partial charge in [0, 0.05) is 10.0 Å². The summed E-state index contributed by atoms with van der Waals surface area (Å²) in [5.74, 6) is 0. The molecule has 0 aliphatic heterocycles. The number of nitrogens with zero attached hydrogens (tertiary/aromatic N) is 1. The molecule has 0 unspecified atom stereocenters. The molecule has 1 aromatic carbocycles. The highest BCUT2D eigenvalue weighted by Gasteiger charge is 1.98. The molecule has 0 fully saturated rings. The van der Waals surface area contributed by atoms with Crippen molar-refractivity contribution in [3.63, 3.8) is 0 Å². The molecule has 0 saturated carbocycles. The fourth-order valence-corrected chi connectivity index (χ4v) is 1.67. The van der Waals surface area contributed by atoms with Gasteiger partial charge < -0.3 is 0 Å². The molecule has 0 amide bonds. The Morgan fingerprint density at radius 2 is 2.07 bits per heavy atom. The predicted molar refractivity (Wildman–Crippen MR) is 62.6 cm³/mol. The van der Waals surface area contributed by atoms with Gasteiger partial charge in [0.2, 0.25) is 0 Å². The molecule has 1 heterocycles. The van der Waals surface area contributed by atoms with Gasteiger partial charge >= 0.3 is 0 Å². The molecule has 1 N–H and O–H groups in total. The van der Waals surface area contributed by atoms with E-state index in [1.807, 2.05) is 36.4 Å². The van der Waals surface area contributed by atoms with Gasteiger partial charge in [0.05, 0.1) is 5.69 Å². The van der Waals surface area contributed by atoms with Crippen LogP contribution in [0.1, 0.15) is 0 Å². The molecule has 4 heteroatoms. The number of aromatic amines is 1. The summed E-state index contributed by atoms with van der Waals surface area (Å²) in [7, 11) is 0. The second-order valence-corrected chi connectivity index (χ2v) is 4.17. The van der Waals surface area contributed by atoms with E-state index in [1.165, 1.54) is 0 Å². The Hall–Kier alpha value is -1.00. The molecule has 0 atom stereocenters. The summed E-state index contributed by atoms with van der Waals surface area (Å²) in [4.78, 5) is 0. The van der Waals surface area contributed by atoms with Gasteiger partial charge in [0.25, 0.3) is 0 Å². The Labute approximate surface area is 95.1 Å². The minimum Gasteiger partial charge on any atom is -0.267 e. The second-order valence-electron chi connectivity index (χ2n) is 2.82. The van der Waals surface area contributed by atoms with E-state index in [9.17, 15) is 0 Å². The maximum atomic E-state index is 4.92. The maximum absolute atomic E-state index is 4.92. The van der Waals surface area contributed by atoms with Gasteiger partial charge in [-0.05, 0) is 24.3 Å². The highest BCUT2D eigenvalue weighted by Crippen LogP contribution is 2.20. The van der Waals surface area contributed by atoms with Crippen LogP contribution in [0.2, 0.25) is 0 Å². The van der Waals surface area contributed by atoms with Crippen molar-refractivity contribution in [2.75, 3.05) is 0 Å². The average molecular weight is 267 g/mol. The third kappa shape index (κ3) is 2.08. The van der Waals surface area contributed by atoms with Gasteiger partial charge in [-0.25, -0.2) is 0 Å². The zero-order valence-electron chi connectivity index (χ0n) is 7.20. The van der Waals surface area contributed by atoms with E-state index >= 15 is 0 Å². The van der Waals surface area contributed by atoms with Crippen LogP contribution in [-0.4, -0.2) is 10.2 Å². The summed E-state index contributed by atoms with van der Waals surface area (Å²) in [6.45, 7) is 0. The Kier molecular flexibility index (Phi) is 2.74. The van der Waals surface area contributed by atoms with Crippen LogP contribution in [0.25, 0.3) is 11.3 Å². The first-order valence-electron chi connectivity index (χ1n) is 4.07. The van der Waals surface area contributed by atoms with E-state index in [0.717, 1.165) is 15.7 Å². The Morgan fingerprint density at radius 1 is 1.21 bits per heavy atom. The molecule has 2 nitrogen and oxygen atoms in total. The van der Waals surface area contributed by atoms with E-state index < -0.39 is 0 Å². The Bertz CT molecular complexity index is 487. The molecular formula is C10H7BrN2S. The third-order valence-corrected chi connectivity index (χ3v) is 2.52. The number of aromatic nitrogens is 2. The number of benzene rings is 1. The molecule has 0 radical (unpaired) electrons. The van der Waals surface area contributed by atoms with Crippen molar-refractivity contribution in [2.45, 2.75) is 0 Å². The van der Waals surface area contributed by atoms with Crippen LogP contribution in [0.3, 0.4) is 0 Å². The molecule has 0 aliphatic rings. The number of hydrogen-bond donors (Lipinski definition) is 1. The first-order chi connectivity index (χ1) is 6.75. The standard InChI is InChI=1S/C10H7BrN2S/c11-8-3-1-2-7(6-8)9-4-5-10(14)13-12-9/h1-6H,(H,13,14). The molecule has 70 valence electrons. The van der Waals surface area contributed by atoms with E-state index in [1.54, 1.807) is 0 Å². The van der Waals surface area contributed by atoms with Crippen LogP contribution in [0.4, 0.5) is 0 Å². The van der Waals surface area contributed by atoms with Crippen LogP contribution in [0.15, 0.2) is 40.9 Å². The van der Waals surface area contributed by atoms with E-state index in [-0.39, 0.29) is 0 Å². The smallest absolute Gasteiger partial charge is 0.119 e. The predicted octanol–water partition coefficient (Wildman–Crippen LogP) is 3.57. The number of nitrogens with one attached hydrogen (secondary N) is 1. The molecule has 2 aromatic rings. The lowest BCUT2D eigenvalue weighted by atomic mass is 10.1. The number of rotatable bonds is 1. The summed E-state index contributed by atoms with van der Waals surface area (Å²) < 4.78 is 1.68. The van der Waals surface area contributed by atoms with Gasteiger partial charge in [0.15, 0.2) is 0 Å². The SMILES string of the molecule is S=c1ccc(-c2cccc(Br)c2)n[nH]1. The summed E-state index contributed by atoms with van der Waals surface area (Å²) in [6.07, 6.45) is 0. The quantitative estimate of drug-likeness (QED) is 0.800. The maximum Gasteiger partial charge on any atom is 0.119 e. The van der Waals surface area contributed by atoms with Crippen LogP contribution >= 0.6 is 28.1 Å². The topological polar surface area (TPSA) is 28.7 Å². The monoisotopic (exact) mass is 266 g/mol. The van der Waals surface area contributed by atoms with Crippen molar-refractivity contribution in [3.8, 4) is 11.3 Å². The summed E-state index contributed by atoms with van der Waals surface area (Å²) >= 11 is 8.34.